The van der Waals surface area contributed by atoms with Crippen LogP contribution in [0.3, 0.4) is 0 Å². The maximum absolute atomic E-state index is 13.4. The molecule has 0 saturated carbocycles. The van der Waals surface area contributed by atoms with Gasteiger partial charge in [-0.05, 0) is 56.3 Å². The minimum atomic E-state index is -0.669. The number of hydrogen-bond acceptors (Lipinski definition) is 6. The van der Waals surface area contributed by atoms with Gasteiger partial charge in [0.15, 0.2) is 5.76 Å². The maximum atomic E-state index is 13.4. The molecular formula is C22H20N2O3S2. The summed E-state index contributed by atoms with van der Waals surface area (Å²) >= 11 is 2.74. The van der Waals surface area contributed by atoms with Gasteiger partial charge in [-0.3, -0.25) is 14.5 Å². The van der Waals surface area contributed by atoms with Crippen LogP contribution in [0.25, 0.3) is 0 Å². The molecule has 1 amide bonds. The van der Waals surface area contributed by atoms with Crippen LogP contribution >= 0.6 is 22.7 Å². The van der Waals surface area contributed by atoms with Crippen molar-refractivity contribution in [3.05, 3.63) is 78.6 Å². The zero-order valence-electron chi connectivity index (χ0n) is 16.5. The highest BCUT2D eigenvalue weighted by Gasteiger charge is 2.46. The molecule has 1 atom stereocenters. The van der Waals surface area contributed by atoms with Crippen LogP contribution in [0.2, 0.25) is 0 Å². The third kappa shape index (κ3) is 3.10. The molecule has 7 heteroatoms. The number of aliphatic hydroxyl groups is 1. The molecule has 2 aromatic heterocycles. The Morgan fingerprint density at radius 2 is 1.90 bits per heavy atom. The van der Waals surface area contributed by atoms with E-state index in [9.17, 15) is 14.7 Å². The molecule has 0 radical (unpaired) electrons. The number of carbonyl (C=O) groups is 2. The van der Waals surface area contributed by atoms with Gasteiger partial charge in [-0.1, -0.05) is 18.2 Å². The lowest BCUT2D eigenvalue weighted by atomic mass is 9.99. The molecule has 5 nitrogen and oxygen atoms in total. The fraction of sp³-hybridized carbons (Fsp3) is 0.227. The molecule has 0 aliphatic carbocycles. The first kappa shape index (κ1) is 19.5. The number of nitrogens with zero attached hydrogens (tertiary/aromatic N) is 2. The van der Waals surface area contributed by atoms with Crippen molar-refractivity contribution in [2.75, 3.05) is 4.90 Å². The molecule has 0 fully saturated rings. The summed E-state index contributed by atoms with van der Waals surface area (Å²) in [7, 11) is 0. The molecule has 3 aromatic rings. The highest BCUT2D eigenvalue weighted by atomic mass is 32.1. The predicted molar refractivity (Wildman–Crippen MR) is 116 cm³/mol. The Morgan fingerprint density at radius 3 is 2.52 bits per heavy atom. The minimum absolute atomic E-state index is 0.116. The molecule has 1 aliphatic rings. The van der Waals surface area contributed by atoms with E-state index in [4.69, 9.17) is 0 Å². The molecule has 1 N–H and O–H groups in total. The topological polar surface area (TPSA) is 70.5 Å². The molecule has 1 aromatic carbocycles. The number of aromatic nitrogens is 1. The fourth-order valence-electron chi connectivity index (χ4n) is 3.66. The van der Waals surface area contributed by atoms with Gasteiger partial charge < -0.3 is 5.11 Å². The van der Waals surface area contributed by atoms with Crippen molar-refractivity contribution in [1.29, 1.82) is 0 Å². The number of amides is 1. The normalized spacial score (nSPS) is 16.8. The van der Waals surface area contributed by atoms with Crippen LogP contribution < -0.4 is 4.90 Å². The van der Waals surface area contributed by atoms with Crippen LogP contribution in [-0.4, -0.2) is 21.8 Å². The number of ketones is 1. The van der Waals surface area contributed by atoms with Crippen molar-refractivity contribution < 1.29 is 14.7 Å². The molecule has 1 unspecified atom stereocenters. The molecule has 1 aliphatic heterocycles. The summed E-state index contributed by atoms with van der Waals surface area (Å²) in [6.07, 6.45) is 0. The number of rotatable bonds is 4. The van der Waals surface area contributed by atoms with Crippen molar-refractivity contribution in [2.45, 2.75) is 33.7 Å². The molecular weight excluding hydrogens is 404 g/mol. The standard InChI is InChI=1S/C22H20N2O3S2/c1-11-7-5-8-15(12(11)2)24-18(16-9-6-10-28-16)17(20(26)22(24)27)19(25)21-13(3)23-14(4)29-21/h5-10,18,26H,1-4H3. The largest absolute Gasteiger partial charge is 0.503 e. The number of hydrogen-bond donors (Lipinski definition) is 1. The lowest BCUT2D eigenvalue weighted by molar-refractivity contribution is -0.117. The molecule has 0 bridgehead atoms. The van der Waals surface area contributed by atoms with E-state index < -0.39 is 17.7 Å². The van der Waals surface area contributed by atoms with Crippen molar-refractivity contribution in [3.8, 4) is 0 Å². The molecule has 29 heavy (non-hydrogen) atoms. The second-order valence-electron chi connectivity index (χ2n) is 7.05. The predicted octanol–water partition coefficient (Wildman–Crippen LogP) is 5.22. The molecule has 0 saturated heterocycles. The summed E-state index contributed by atoms with van der Waals surface area (Å²) in [6, 6.07) is 8.80. The number of Topliss-reactive ketones (excluding diaryl/α,β-unsaturated/α-hetero) is 1. The fourth-order valence-corrected chi connectivity index (χ4v) is 5.36. The number of carbonyl (C=O) groups excluding carboxylic acids is 2. The van der Waals surface area contributed by atoms with E-state index in [2.05, 4.69) is 4.98 Å². The minimum Gasteiger partial charge on any atom is -0.503 e. The second-order valence-corrected chi connectivity index (χ2v) is 9.23. The first-order valence-electron chi connectivity index (χ1n) is 9.16. The van der Waals surface area contributed by atoms with E-state index >= 15 is 0 Å². The highest BCUT2D eigenvalue weighted by Crippen LogP contribution is 2.45. The van der Waals surface area contributed by atoms with E-state index in [-0.39, 0.29) is 11.4 Å². The molecule has 148 valence electrons. The van der Waals surface area contributed by atoms with Gasteiger partial charge in [-0.15, -0.1) is 22.7 Å². The third-order valence-electron chi connectivity index (χ3n) is 5.21. The summed E-state index contributed by atoms with van der Waals surface area (Å²) in [5, 5.41) is 13.5. The average Bonchev–Trinajstić information content (AvgIpc) is 3.37. The van der Waals surface area contributed by atoms with E-state index in [0.717, 1.165) is 21.0 Å². The summed E-state index contributed by atoms with van der Waals surface area (Å²) in [5.74, 6) is -1.38. The van der Waals surface area contributed by atoms with Gasteiger partial charge in [-0.25, -0.2) is 4.98 Å². The van der Waals surface area contributed by atoms with Crippen molar-refractivity contribution in [2.24, 2.45) is 0 Å². The first-order valence-corrected chi connectivity index (χ1v) is 10.9. The van der Waals surface area contributed by atoms with Crippen molar-refractivity contribution in [3.63, 3.8) is 0 Å². The van der Waals surface area contributed by atoms with Gasteiger partial charge in [0.2, 0.25) is 5.78 Å². The Bertz CT molecular complexity index is 1160. The van der Waals surface area contributed by atoms with Crippen molar-refractivity contribution in [1.82, 2.24) is 4.98 Å². The van der Waals surface area contributed by atoms with Crippen LogP contribution in [0.15, 0.2) is 47.0 Å². The maximum Gasteiger partial charge on any atom is 0.294 e. The summed E-state index contributed by atoms with van der Waals surface area (Å²) in [5.41, 5.74) is 3.40. The molecule has 4 rings (SSSR count). The van der Waals surface area contributed by atoms with Crippen LogP contribution in [0.4, 0.5) is 5.69 Å². The summed E-state index contributed by atoms with van der Waals surface area (Å²) in [6.45, 7) is 7.52. The Labute approximate surface area is 177 Å². The Kier molecular flexibility index (Phi) is 4.88. The SMILES string of the molecule is Cc1nc(C)c(C(=O)C2=C(O)C(=O)N(c3cccc(C)c3C)C2c2cccs2)s1. The van der Waals surface area contributed by atoms with E-state index in [1.165, 1.54) is 22.7 Å². The van der Waals surface area contributed by atoms with Gasteiger partial charge in [0.25, 0.3) is 5.91 Å². The lowest BCUT2D eigenvalue weighted by Gasteiger charge is -2.27. The van der Waals surface area contributed by atoms with E-state index in [0.29, 0.717) is 16.3 Å². The van der Waals surface area contributed by atoms with Gasteiger partial charge in [0.05, 0.1) is 21.2 Å². The second kappa shape index (κ2) is 7.24. The van der Waals surface area contributed by atoms with Gasteiger partial charge >= 0.3 is 0 Å². The third-order valence-corrected chi connectivity index (χ3v) is 7.21. The number of thiazole rings is 1. The van der Waals surface area contributed by atoms with Gasteiger partial charge in [-0.2, -0.15) is 0 Å². The van der Waals surface area contributed by atoms with Crippen LogP contribution in [-0.2, 0) is 4.79 Å². The van der Waals surface area contributed by atoms with Crippen molar-refractivity contribution >= 4 is 40.1 Å². The molecule has 0 spiro atoms. The Morgan fingerprint density at radius 1 is 1.14 bits per heavy atom. The Balaban J connectivity index is 1.91. The first-order chi connectivity index (χ1) is 13.8. The quantitative estimate of drug-likeness (QED) is 0.583. The van der Waals surface area contributed by atoms with E-state index in [1.54, 1.807) is 11.8 Å². The lowest BCUT2D eigenvalue weighted by Crippen LogP contribution is -2.31. The van der Waals surface area contributed by atoms with Crippen LogP contribution in [0.1, 0.15) is 42.4 Å². The van der Waals surface area contributed by atoms with Crippen LogP contribution in [0, 0.1) is 27.7 Å². The number of aryl methyl sites for hydroxylation is 3. The number of anilines is 1. The Hall–Kier alpha value is -2.77. The van der Waals surface area contributed by atoms with Crippen LogP contribution in [0.5, 0.6) is 0 Å². The van der Waals surface area contributed by atoms with E-state index in [1.807, 2.05) is 56.5 Å². The number of benzene rings is 1. The van der Waals surface area contributed by atoms with Gasteiger partial charge in [0.1, 0.15) is 6.04 Å². The molecule has 3 heterocycles. The number of aliphatic hydroxyl groups excluding tert-OH is 1. The highest BCUT2D eigenvalue weighted by molar-refractivity contribution is 7.14. The average molecular weight is 425 g/mol. The zero-order valence-corrected chi connectivity index (χ0v) is 18.1. The summed E-state index contributed by atoms with van der Waals surface area (Å²) in [4.78, 5) is 33.8. The smallest absolute Gasteiger partial charge is 0.294 e. The summed E-state index contributed by atoms with van der Waals surface area (Å²) < 4.78 is 0. The number of thiophene rings is 1. The monoisotopic (exact) mass is 424 g/mol. The van der Waals surface area contributed by atoms with Gasteiger partial charge in [0, 0.05) is 10.6 Å². The zero-order chi connectivity index (χ0) is 20.9.